The second kappa shape index (κ2) is 6.72. The van der Waals surface area contributed by atoms with Crippen molar-refractivity contribution in [2.24, 2.45) is 0 Å². The molecule has 0 radical (unpaired) electrons. The molecule has 7 heteroatoms. The standard InChI is InChI=1S/C17H14ClN3O3/c1-24-17(23)14(11-6-3-2-4-7-11)20-16(22)12-10-19-21-9-5-8-13(18)15(12)21/h2-10,14H,1H3,(H,20,22)/t14-/m1/s1. The summed E-state index contributed by atoms with van der Waals surface area (Å²) >= 11 is 6.16. The maximum Gasteiger partial charge on any atom is 0.333 e. The van der Waals surface area contributed by atoms with E-state index < -0.39 is 17.9 Å². The molecule has 0 aliphatic heterocycles. The SMILES string of the molecule is COC(=O)[C@H](NC(=O)c1cnn2cccc(Cl)c12)c1ccccc1. The molecule has 1 aromatic carbocycles. The number of hydrogen-bond acceptors (Lipinski definition) is 4. The number of fused-ring (bicyclic) bond motifs is 1. The van der Waals surface area contributed by atoms with Crippen molar-refractivity contribution in [2.75, 3.05) is 7.11 Å². The molecule has 0 aliphatic carbocycles. The lowest BCUT2D eigenvalue weighted by Crippen LogP contribution is -2.34. The average Bonchev–Trinajstić information content (AvgIpc) is 3.05. The minimum atomic E-state index is -0.916. The number of benzene rings is 1. The molecule has 3 rings (SSSR count). The van der Waals surface area contributed by atoms with E-state index in [1.165, 1.54) is 17.8 Å². The zero-order valence-corrected chi connectivity index (χ0v) is 13.5. The van der Waals surface area contributed by atoms with Crippen molar-refractivity contribution in [1.29, 1.82) is 0 Å². The zero-order chi connectivity index (χ0) is 17.1. The first-order valence-corrected chi connectivity index (χ1v) is 7.55. The van der Waals surface area contributed by atoms with Crippen LogP contribution in [0.5, 0.6) is 0 Å². The van der Waals surface area contributed by atoms with Crippen LogP contribution in [-0.4, -0.2) is 28.6 Å². The highest BCUT2D eigenvalue weighted by molar-refractivity contribution is 6.34. The molecule has 0 spiro atoms. The van der Waals surface area contributed by atoms with Crippen LogP contribution in [0.15, 0.2) is 54.9 Å². The first-order valence-electron chi connectivity index (χ1n) is 7.17. The molecule has 0 fully saturated rings. The van der Waals surface area contributed by atoms with Gasteiger partial charge in [-0.05, 0) is 17.7 Å². The van der Waals surface area contributed by atoms with Gasteiger partial charge >= 0.3 is 5.97 Å². The van der Waals surface area contributed by atoms with Gasteiger partial charge in [-0.2, -0.15) is 5.10 Å². The molecule has 24 heavy (non-hydrogen) atoms. The van der Waals surface area contributed by atoms with Crippen LogP contribution in [-0.2, 0) is 9.53 Å². The Morgan fingerprint density at radius 3 is 2.67 bits per heavy atom. The molecule has 2 aromatic heterocycles. The number of nitrogens with zero attached hydrogens (tertiary/aromatic N) is 2. The highest BCUT2D eigenvalue weighted by Crippen LogP contribution is 2.22. The van der Waals surface area contributed by atoms with Gasteiger partial charge in [0.1, 0.15) is 0 Å². The van der Waals surface area contributed by atoms with Gasteiger partial charge in [0.05, 0.1) is 29.4 Å². The smallest absolute Gasteiger partial charge is 0.333 e. The number of esters is 1. The van der Waals surface area contributed by atoms with Crippen molar-refractivity contribution in [3.8, 4) is 0 Å². The van der Waals surface area contributed by atoms with E-state index >= 15 is 0 Å². The van der Waals surface area contributed by atoms with Crippen LogP contribution >= 0.6 is 11.6 Å². The van der Waals surface area contributed by atoms with Gasteiger partial charge in [-0.15, -0.1) is 0 Å². The number of amides is 1. The Bertz CT molecular complexity index is 892. The Hall–Kier alpha value is -2.86. The van der Waals surface area contributed by atoms with E-state index in [1.54, 1.807) is 42.6 Å². The van der Waals surface area contributed by atoms with Crippen molar-refractivity contribution in [2.45, 2.75) is 6.04 Å². The molecule has 1 N–H and O–H groups in total. The summed E-state index contributed by atoms with van der Waals surface area (Å²) < 4.78 is 6.30. The third-order valence-corrected chi connectivity index (χ3v) is 3.89. The van der Waals surface area contributed by atoms with Crippen LogP contribution in [0.25, 0.3) is 5.52 Å². The largest absolute Gasteiger partial charge is 0.467 e. The Balaban J connectivity index is 1.95. The van der Waals surface area contributed by atoms with Crippen molar-refractivity contribution < 1.29 is 14.3 Å². The average molecular weight is 344 g/mol. The topological polar surface area (TPSA) is 72.7 Å². The Kier molecular flexibility index (Phi) is 4.48. The first-order chi connectivity index (χ1) is 11.6. The van der Waals surface area contributed by atoms with E-state index in [0.717, 1.165) is 0 Å². The van der Waals surface area contributed by atoms with Crippen LogP contribution < -0.4 is 5.32 Å². The van der Waals surface area contributed by atoms with Crippen molar-refractivity contribution in [1.82, 2.24) is 14.9 Å². The summed E-state index contributed by atoms with van der Waals surface area (Å²) in [7, 11) is 1.27. The minimum absolute atomic E-state index is 0.283. The second-order valence-corrected chi connectivity index (χ2v) is 5.46. The number of halogens is 1. The lowest BCUT2D eigenvalue weighted by molar-refractivity contribution is -0.143. The van der Waals surface area contributed by atoms with E-state index in [0.29, 0.717) is 16.1 Å². The molecule has 0 saturated carbocycles. The van der Waals surface area contributed by atoms with Gasteiger partial charge in [0.2, 0.25) is 0 Å². The van der Waals surface area contributed by atoms with Crippen LogP contribution in [0.4, 0.5) is 0 Å². The van der Waals surface area contributed by atoms with Gasteiger partial charge in [-0.25, -0.2) is 9.31 Å². The monoisotopic (exact) mass is 343 g/mol. The maximum atomic E-state index is 12.6. The van der Waals surface area contributed by atoms with Crippen LogP contribution in [0.1, 0.15) is 22.0 Å². The number of nitrogens with one attached hydrogen (secondary N) is 1. The van der Waals surface area contributed by atoms with Gasteiger partial charge in [-0.1, -0.05) is 41.9 Å². The van der Waals surface area contributed by atoms with Gasteiger partial charge in [0, 0.05) is 6.20 Å². The fraction of sp³-hybridized carbons (Fsp3) is 0.118. The number of methoxy groups -OCH3 is 1. The van der Waals surface area contributed by atoms with E-state index in [4.69, 9.17) is 16.3 Å². The van der Waals surface area contributed by atoms with E-state index in [9.17, 15) is 9.59 Å². The Morgan fingerprint density at radius 2 is 1.96 bits per heavy atom. The lowest BCUT2D eigenvalue weighted by Gasteiger charge is -2.16. The summed E-state index contributed by atoms with van der Waals surface area (Å²) in [5.41, 5.74) is 1.39. The highest BCUT2D eigenvalue weighted by Gasteiger charge is 2.25. The Labute approximate surface area is 143 Å². The fourth-order valence-electron chi connectivity index (χ4n) is 2.42. The number of rotatable bonds is 4. The van der Waals surface area contributed by atoms with Gasteiger partial charge in [0.25, 0.3) is 5.91 Å². The quantitative estimate of drug-likeness (QED) is 0.739. The normalized spacial score (nSPS) is 11.9. The molecule has 122 valence electrons. The summed E-state index contributed by atoms with van der Waals surface area (Å²) in [4.78, 5) is 24.7. The molecule has 6 nitrogen and oxygen atoms in total. The van der Waals surface area contributed by atoms with Gasteiger partial charge < -0.3 is 10.1 Å². The summed E-state index contributed by atoms with van der Waals surface area (Å²) in [6.45, 7) is 0. The molecule has 1 atom stereocenters. The third-order valence-electron chi connectivity index (χ3n) is 3.58. The molecule has 0 bridgehead atoms. The number of hydrogen-bond donors (Lipinski definition) is 1. The van der Waals surface area contributed by atoms with Gasteiger partial charge in [0.15, 0.2) is 6.04 Å². The Morgan fingerprint density at radius 1 is 1.21 bits per heavy atom. The molecule has 0 saturated heterocycles. The fourth-order valence-corrected chi connectivity index (χ4v) is 2.68. The minimum Gasteiger partial charge on any atom is -0.467 e. The molecular weight excluding hydrogens is 330 g/mol. The summed E-state index contributed by atoms with van der Waals surface area (Å²) in [5.74, 6) is -1.02. The number of aromatic nitrogens is 2. The van der Waals surface area contributed by atoms with Crippen LogP contribution in [0.2, 0.25) is 5.02 Å². The van der Waals surface area contributed by atoms with E-state index in [-0.39, 0.29) is 5.56 Å². The van der Waals surface area contributed by atoms with E-state index in [2.05, 4.69) is 10.4 Å². The van der Waals surface area contributed by atoms with Crippen LogP contribution in [0.3, 0.4) is 0 Å². The molecule has 0 unspecified atom stereocenters. The van der Waals surface area contributed by atoms with E-state index in [1.807, 2.05) is 6.07 Å². The molecule has 0 aliphatic rings. The number of carbonyl (C=O) groups is 2. The number of carbonyl (C=O) groups excluding carboxylic acids is 2. The molecular formula is C17H14ClN3O3. The predicted octanol–water partition coefficient (Wildman–Crippen LogP) is 2.63. The predicted molar refractivity (Wildman–Crippen MR) is 88.9 cm³/mol. The zero-order valence-electron chi connectivity index (χ0n) is 12.8. The van der Waals surface area contributed by atoms with Crippen molar-refractivity contribution in [3.05, 3.63) is 71.0 Å². The second-order valence-electron chi connectivity index (χ2n) is 5.05. The number of pyridine rings is 1. The molecule has 2 heterocycles. The summed E-state index contributed by atoms with van der Waals surface area (Å²) in [6.07, 6.45) is 3.10. The summed E-state index contributed by atoms with van der Waals surface area (Å²) in [6, 6.07) is 11.4. The van der Waals surface area contributed by atoms with Crippen LogP contribution in [0, 0.1) is 0 Å². The highest BCUT2D eigenvalue weighted by atomic mass is 35.5. The van der Waals surface area contributed by atoms with Crippen molar-refractivity contribution in [3.63, 3.8) is 0 Å². The molecule has 3 aromatic rings. The third kappa shape index (κ3) is 2.96. The lowest BCUT2D eigenvalue weighted by atomic mass is 10.1. The number of ether oxygens (including phenoxy) is 1. The van der Waals surface area contributed by atoms with Gasteiger partial charge in [-0.3, -0.25) is 4.79 Å². The summed E-state index contributed by atoms with van der Waals surface area (Å²) in [5, 5.41) is 7.18. The molecule has 1 amide bonds. The first kappa shape index (κ1) is 16.0. The van der Waals surface area contributed by atoms with Crippen molar-refractivity contribution >= 4 is 29.0 Å². The maximum absolute atomic E-state index is 12.6.